The lowest BCUT2D eigenvalue weighted by molar-refractivity contribution is 0.0536. The molecule has 0 aliphatic carbocycles. The average Bonchev–Trinajstić information content (AvgIpc) is 2.67. The summed E-state index contributed by atoms with van der Waals surface area (Å²) in [7, 11) is 0. The first kappa shape index (κ1) is 20.6. The van der Waals surface area contributed by atoms with Gasteiger partial charge in [0.1, 0.15) is 24.2 Å². The molecule has 2 aromatic carbocycles. The van der Waals surface area contributed by atoms with Crippen LogP contribution in [0.2, 0.25) is 0 Å². The number of aliphatic hydroxyl groups excluding tert-OH is 2. The van der Waals surface area contributed by atoms with Crippen molar-refractivity contribution >= 4 is 11.6 Å². The predicted octanol–water partition coefficient (Wildman–Crippen LogP) is 3.75. The van der Waals surface area contributed by atoms with Crippen molar-refractivity contribution in [3.05, 3.63) is 59.7 Å². The molecule has 0 aromatic heterocycles. The normalized spacial score (nSPS) is 12.7. The maximum absolute atomic E-state index is 9.35. The van der Waals surface area contributed by atoms with Crippen molar-refractivity contribution in [2.45, 2.75) is 31.8 Å². The van der Waals surface area contributed by atoms with Crippen molar-refractivity contribution in [1.82, 2.24) is 0 Å². The van der Waals surface area contributed by atoms with Crippen LogP contribution in [0.25, 0.3) is 0 Å². The molecule has 0 fully saturated rings. The summed E-state index contributed by atoms with van der Waals surface area (Å²) in [4.78, 5) is 0. The Hall–Kier alpha value is -1.75. The number of ether oxygens (including phenoxy) is 2. The Morgan fingerprint density at radius 3 is 1.88 bits per heavy atom. The van der Waals surface area contributed by atoms with Gasteiger partial charge < -0.3 is 19.7 Å². The number of hydrogen-bond acceptors (Lipinski definition) is 4. The Balaban J connectivity index is 2.04. The predicted molar refractivity (Wildman–Crippen MR) is 104 cm³/mol. The fourth-order valence-electron chi connectivity index (χ4n) is 2.59. The summed E-state index contributed by atoms with van der Waals surface area (Å²) in [5.74, 6) is 2.12. The quantitative estimate of drug-likeness (QED) is 0.488. The van der Waals surface area contributed by atoms with Gasteiger partial charge in [0.25, 0.3) is 0 Å². The lowest BCUT2D eigenvalue weighted by atomic mass is 9.78. The number of benzene rings is 2. The summed E-state index contributed by atoms with van der Waals surface area (Å²) < 4.78 is 11.1. The van der Waals surface area contributed by atoms with Crippen LogP contribution in [-0.4, -0.2) is 42.0 Å². The maximum atomic E-state index is 9.35. The van der Waals surface area contributed by atoms with Gasteiger partial charge in [-0.3, -0.25) is 0 Å². The number of rotatable bonds is 10. The van der Waals surface area contributed by atoms with Crippen LogP contribution in [0, 0.1) is 0 Å². The topological polar surface area (TPSA) is 58.9 Å². The second kappa shape index (κ2) is 9.81. The molecule has 0 aliphatic heterocycles. The van der Waals surface area contributed by atoms with Gasteiger partial charge in [0.2, 0.25) is 0 Å². The zero-order valence-electron chi connectivity index (χ0n) is 15.3. The molecule has 142 valence electrons. The average molecular weight is 379 g/mol. The highest BCUT2D eigenvalue weighted by molar-refractivity contribution is 6.17. The van der Waals surface area contributed by atoms with Crippen molar-refractivity contribution in [1.29, 1.82) is 0 Å². The van der Waals surface area contributed by atoms with E-state index in [1.807, 2.05) is 36.4 Å². The lowest BCUT2D eigenvalue weighted by Crippen LogP contribution is -2.21. The first-order chi connectivity index (χ1) is 12.5. The molecule has 2 aromatic rings. The number of alkyl halides is 1. The third-order valence-electron chi connectivity index (χ3n) is 4.35. The summed E-state index contributed by atoms with van der Waals surface area (Å²) in [6.45, 7) is 4.73. The van der Waals surface area contributed by atoms with Crippen LogP contribution >= 0.6 is 11.6 Å². The molecule has 0 unspecified atom stereocenters. The number of aliphatic hydroxyl groups is 2. The highest BCUT2D eigenvalue weighted by Crippen LogP contribution is 2.33. The maximum Gasteiger partial charge on any atom is 0.119 e. The van der Waals surface area contributed by atoms with E-state index in [0.717, 1.165) is 17.7 Å². The SMILES string of the molecule is CC(C)(c1ccc(OCCCCl)cc1)c1ccc(OC[C@@H](O)CO)cc1. The highest BCUT2D eigenvalue weighted by atomic mass is 35.5. The molecule has 0 spiro atoms. The fraction of sp³-hybridized carbons (Fsp3) is 0.429. The van der Waals surface area contributed by atoms with Gasteiger partial charge in [-0.15, -0.1) is 11.6 Å². The van der Waals surface area contributed by atoms with E-state index >= 15 is 0 Å². The largest absolute Gasteiger partial charge is 0.494 e. The van der Waals surface area contributed by atoms with E-state index in [1.165, 1.54) is 5.56 Å². The summed E-state index contributed by atoms with van der Waals surface area (Å²) in [6, 6.07) is 15.9. The number of hydrogen-bond donors (Lipinski definition) is 2. The van der Waals surface area contributed by atoms with Crippen molar-refractivity contribution in [2.75, 3.05) is 25.7 Å². The minimum atomic E-state index is -0.865. The van der Waals surface area contributed by atoms with E-state index in [4.69, 9.17) is 26.2 Å². The molecule has 0 heterocycles. The number of halogens is 1. The molecular formula is C21H27ClO4. The summed E-state index contributed by atoms with van der Waals surface area (Å²) in [6.07, 6.45) is -0.0327. The molecule has 4 nitrogen and oxygen atoms in total. The zero-order valence-corrected chi connectivity index (χ0v) is 16.1. The van der Waals surface area contributed by atoms with E-state index in [9.17, 15) is 5.11 Å². The van der Waals surface area contributed by atoms with Gasteiger partial charge in [0.05, 0.1) is 13.2 Å². The summed E-state index contributed by atoms with van der Waals surface area (Å²) in [5.41, 5.74) is 2.17. The second-order valence-corrected chi connectivity index (χ2v) is 7.09. The van der Waals surface area contributed by atoms with Gasteiger partial charge in [-0.1, -0.05) is 38.1 Å². The summed E-state index contributed by atoms with van der Waals surface area (Å²) in [5, 5.41) is 18.2. The van der Waals surface area contributed by atoms with E-state index in [1.54, 1.807) is 0 Å². The van der Waals surface area contributed by atoms with Crippen molar-refractivity contribution in [3.8, 4) is 11.5 Å². The molecule has 0 saturated carbocycles. The third-order valence-corrected chi connectivity index (χ3v) is 4.62. The Kier molecular flexibility index (Phi) is 7.76. The molecule has 2 rings (SSSR count). The van der Waals surface area contributed by atoms with Gasteiger partial charge >= 0.3 is 0 Å². The van der Waals surface area contributed by atoms with Crippen LogP contribution in [-0.2, 0) is 5.41 Å². The van der Waals surface area contributed by atoms with Crippen molar-refractivity contribution in [3.63, 3.8) is 0 Å². The first-order valence-corrected chi connectivity index (χ1v) is 9.32. The van der Waals surface area contributed by atoms with Gasteiger partial charge in [0.15, 0.2) is 0 Å². The minimum Gasteiger partial charge on any atom is -0.494 e. The van der Waals surface area contributed by atoms with Crippen molar-refractivity contribution in [2.24, 2.45) is 0 Å². The third kappa shape index (κ3) is 5.63. The minimum absolute atomic E-state index is 0.0738. The molecule has 0 radical (unpaired) electrons. The van der Waals surface area contributed by atoms with Crippen LogP contribution in [0.3, 0.4) is 0 Å². The first-order valence-electron chi connectivity index (χ1n) is 8.79. The molecule has 1 atom stereocenters. The molecular weight excluding hydrogens is 352 g/mol. The lowest BCUT2D eigenvalue weighted by Gasteiger charge is -2.26. The molecule has 2 N–H and O–H groups in total. The molecule has 0 saturated heterocycles. The van der Waals surface area contributed by atoms with Gasteiger partial charge in [0, 0.05) is 11.3 Å². The van der Waals surface area contributed by atoms with E-state index in [0.29, 0.717) is 18.2 Å². The van der Waals surface area contributed by atoms with Crippen LogP contribution < -0.4 is 9.47 Å². The Labute approximate surface area is 160 Å². The zero-order chi connectivity index (χ0) is 19.0. The monoisotopic (exact) mass is 378 g/mol. The van der Waals surface area contributed by atoms with Crippen LogP contribution in [0.5, 0.6) is 11.5 Å². The van der Waals surface area contributed by atoms with Gasteiger partial charge in [-0.25, -0.2) is 0 Å². The summed E-state index contributed by atoms with van der Waals surface area (Å²) >= 11 is 5.66. The Morgan fingerprint density at radius 1 is 0.923 bits per heavy atom. The Bertz CT molecular complexity index is 653. The highest BCUT2D eigenvalue weighted by Gasteiger charge is 2.23. The Morgan fingerprint density at radius 2 is 1.42 bits per heavy atom. The van der Waals surface area contributed by atoms with E-state index < -0.39 is 6.10 Å². The molecule has 5 heteroatoms. The van der Waals surface area contributed by atoms with Gasteiger partial charge in [-0.05, 0) is 41.8 Å². The van der Waals surface area contributed by atoms with E-state index in [2.05, 4.69) is 26.0 Å². The van der Waals surface area contributed by atoms with Gasteiger partial charge in [-0.2, -0.15) is 0 Å². The second-order valence-electron chi connectivity index (χ2n) is 6.71. The molecule has 0 amide bonds. The smallest absolute Gasteiger partial charge is 0.119 e. The van der Waals surface area contributed by atoms with Crippen molar-refractivity contribution < 1.29 is 19.7 Å². The van der Waals surface area contributed by atoms with Crippen LogP contribution in [0.1, 0.15) is 31.4 Å². The standard InChI is InChI=1S/C21H27ClO4/c1-21(2,16-4-8-19(9-5-16)25-13-3-12-22)17-6-10-20(11-7-17)26-15-18(24)14-23/h4-11,18,23-24H,3,12-15H2,1-2H3/t18-/m0/s1. The molecule has 26 heavy (non-hydrogen) atoms. The fourth-order valence-corrected chi connectivity index (χ4v) is 2.70. The van der Waals surface area contributed by atoms with E-state index in [-0.39, 0.29) is 18.6 Å². The molecule has 0 aliphatic rings. The molecule has 0 bridgehead atoms. The van der Waals surface area contributed by atoms with Crippen LogP contribution in [0.4, 0.5) is 0 Å². The van der Waals surface area contributed by atoms with Crippen LogP contribution in [0.15, 0.2) is 48.5 Å².